The number of hydrogen-bond acceptors (Lipinski definition) is 3. The molecule has 0 aliphatic carbocycles. The first-order valence-corrected chi connectivity index (χ1v) is 5.97. The van der Waals surface area contributed by atoms with E-state index in [-0.39, 0.29) is 12.2 Å². The lowest BCUT2D eigenvalue weighted by molar-refractivity contribution is -0.385. The molecule has 1 N–H and O–H groups in total. The average molecular weight is 299 g/mol. The van der Waals surface area contributed by atoms with Gasteiger partial charge in [0.05, 0.1) is 10.5 Å². The summed E-state index contributed by atoms with van der Waals surface area (Å²) in [5, 5.41) is 14.0. The average Bonchev–Trinajstić information content (AvgIpc) is 2.40. The second kappa shape index (κ2) is 5.83. The molecule has 2 aromatic rings. The van der Waals surface area contributed by atoms with E-state index >= 15 is 0 Å². The summed E-state index contributed by atoms with van der Waals surface area (Å²) in [5.41, 5.74) is 0.579. The first-order chi connectivity index (χ1) is 9.47. The highest BCUT2D eigenvalue weighted by molar-refractivity contribution is 6.30. The van der Waals surface area contributed by atoms with Crippen LogP contribution < -0.4 is 5.32 Å². The molecule has 20 heavy (non-hydrogen) atoms. The molecule has 0 fully saturated rings. The summed E-state index contributed by atoms with van der Waals surface area (Å²) < 4.78 is 25.8. The summed E-state index contributed by atoms with van der Waals surface area (Å²) in [6.07, 6.45) is 0. The third-order valence-electron chi connectivity index (χ3n) is 2.64. The molecule has 0 saturated heterocycles. The van der Waals surface area contributed by atoms with Crippen molar-refractivity contribution in [3.8, 4) is 0 Å². The number of rotatable bonds is 4. The van der Waals surface area contributed by atoms with E-state index in [0.717, 1.165) is 12.1 Å². The largest absolute Gasteiger partial charge is 0.381 e. The van der Waals surface area contributed by atoms with E-state index in [1.165, 1.54) is 24.3 Å². The highest BCUT2D eigenvalue weighted by Crippen LogP contribution is 2.24. The molecular weight excluding hydrogens is 290 g/mol. The highest BCUT2D eigenvalue weighted by Gasteiger charge is 2.13. The van der Waals surface area contributed by atoms with E-state index < -0.39 is 16.6 Å². The lowest BCUT2D eigenvalue weighted by Crippen LogP contribution is -2.03. The van der Waals surface area contributed by atoms with E-state index in [1.54, 1.807) is 0 Å². The number of benzene rings is 2. The Morgan fingerprint density at radius 3 is 2.55 bits per heavy atom. The van der Waals surface area contributed by atoms with Crippen molar-refractivity contribution in [2.24, 2.45) is 0 Å². The van der Waals surface area contributed by atoms with Crippen molar-refractivity contribution >= 4 is 23.0 Å². The van der Waals surface area contributed by atoms with Gasteiger partial charge in [0.15, 0.2) is 11.6 Å². The van der Waals surface area contributed by atoms with Crippen LogP contribution in [0, 0.1) is 21.7 Å². The van der Waals surface area contributed by atoms with Gasteiger partial charge in [-0.15, -0.1) is 0 Å². The Bertz CT molecular complexity index is 665. The molecule has 0 radical (unpaired) electrons. The summed E-state index contributed by atoms with van der Waals surface area (Å²) in [6, 6.07) is 7.46. The third kappa shape index (κ3) is 3.21. The SMILES string of the molecule is O=[N+]([O-])c1ccc(Cl)cc1CNc1ccc(F)c(F)c1. The molecule has 0 aliphatic rings. The molecule has 0 spiro atoms. The van der Waals surface area contributed by atoms with Gasteiger partial charge in [-0.2, -0.15) is 0 Å². The number of halogens is 3. The van der Waals surface area contributed by atoms with Crippen molar-refractivity contribution in [3.63, 3.8) is 0 Å². The maximum atomic E-state index is 13.0. The van der Waals surface area contributed by atoms with Gasteiger partial charge in [0.25, 0.3) is 5.69 Å². The normalized spacial score (nSPS) is 10.3. The standard InChI is InChI=1S/C13H9ClF2N2O2/c14-9-1-4-13(18(19)20)8(5-9)7-17-10-2-3-11(15)12(16)6-10/h1-6,17H,7H2. The predicted molar refractivity (Wildman–Crippen MR) is 71.8 cm³/mol. The Labute approximate surface area is 118 Å². The summed E-state index contributed by atoms with van der Waals surface area (Å²) >= 11 is 5.79. The van der Waals surface area contributed by atoms with E-state index in [0.29, 0.717) is 16.3 Å². The summed E-state index contributed by atoms with van der Waals surface area (Å²) in [7, 11) is 0. The van der Waals surface area contributed by atoms with Crippen molar-refractivity contribution in [1.82, 2.24) is 0 Å². The first kappa shape index (κ1) is 14.2. The molecule has 2 aromatic carbocycles. The first-order valence-electron chi connectivity index (χ1n) is 5.59. The molecule has 0 aliphatic heterocycles. The highest BCUT2D eigenvalue weighted by atomic mass is 35.5. The van der Waals surface area contributed by atoms with E-state index in [9.17, 15) is 18.9 Å². The molecule has 0 saturated carbocycles. The van der Waals surface area contributed by atoms with Crippen LogP contribution >= 0.6 is 11.6 Å². The fourth-order valence-electron chi connectivity index (χ4n) is 1.68. The van der Waals surface area contributed by atoms with Crippen molar-refractivity contribution < 1.29 is 13.7 Å². The Morgan fingerprint density at radius 2 is 1.90 bits per heavy atom. The Hall–Kier alpha value is -2.21. The lowest BCUT2D eigenvalue weighted by Gasteiger charge is -2.08. The fraction of sp³-hybridized carbons (Fsp3) is 0.0769. The van der Waals surface area contributed by atoms with Gasteiger partial charge in [-0.25, -0.2) is 8.78 Å². The molecule has 0 amide bonds. The topological polar surface area (TPSA) is 55.2 Å². The smallest absolute Gasteiger partial charge is 0.274 e. The maximum Gasteiger partial charge on any atom is 0.274 e. The van der Waals surface area contributed by atoms with Gasteiger partial charge in [-0.1, -0.05) is 11.6 Å². The van der Waals surface area contributed by atoms with Gasteiger partial charge in [-0.05, 0) is 24.3 Å². The number of nitrogens with one attached hydrogen (secondary N) is 1. The van der Waals surface area contributed by atoms with E-state index in [4.69, 9.17) is 11.6 Å². The number of nitro benzene ring substituents is 1. The summed E-state index contributed by atoms with van der Waals surface area (Å²) in [4.78, 5) is 10.3. The van der Waals surface area contributed by atoms with Crippen molar-refractivity contribution in [2.75, 3.05) is 5.32 Å². The molecule has 0 atom stereocenters. The quantitative estimate of drug-likeness (QED) is 0.682. The van der Waals surface area contributed by atoms with Gasteiger partial charge in [-0.3, -0.25) is 10.1 Å². The molecule has 0 heterocycles. The van der Waals surface area contributed by atoms with Crippen molar-refractivity contribution in [3.05, 3.63) is 68.7 Å². The van der Waals surface area contributed by atoms with Crippen LogP contribution in [0.4, 0.5) is 20.2 Å². The Balaban J connectivity index is 2.20. The number of nitrogens with zero attached hydrogens (tertiary/aromatic N) is 1. The molecule has 104 valence electrons. The van der Waals surface area contributed by atoms with Crippen molar-refractivity contribution in [2.45, 2.75) is 6.54 Å². The van der Waals surface area contributed by atoms with Crippen LogP contribution in [-0.4, -0.2) is 4.92 Å². The molecule has 0 unspecified atom stereocenters. The number of nitro groups is 1. The predicted octanol–water partition coefficient (Wildman–Crippen LogP) is 4.14. The second-order valence-electron chi connectivity index (χ2n) is 4.01. The molecule has 2 rings (SSSR count). The fourth-order valence-corrected chi connectivity index (χ4v) is 1.87. The monoisotopic (exact) mass is 298 g/mol. The van der Waals surface area contributed by atoms with Crippen LogP contribution in [0.5, 0.6) is 0 Å². The van der Waals surface area contributed by atoms with Crippen LogP contribution in [0.3, 0.4) is 0 Å². The lowest BCUT2D eigenvalue weighted by atomic mass is 10.1. The van der Waals surface area contributed by atoms with Gasteiger partial charge in [0.1, 0.15) is 0 Å². The maximum absolute atomic E-state index is 13.0. The molecule has 0 bridgehead atoms. The zero-order valence-electron chi connectivity index (χ0n) is 10.1. The van der Waals surface area contributed by atoms with Crippen LogP contribution in [-0.2, 0) is 6.54 Å². The van der Waals surface area contributed by atoms with Gasteiger partial charge in [0, 0.05) is 29.4 Å². The van der Waals surface area contributed by atoms with E-state index in [2.05, 4.69) is 5.32 Å². The van der Waals surface area contributed by atoms with Crippen LogP contribution in [0.1, 0.15) is 5.56 Å². The van der Waals surface area contributed by atoms with Crippen LogP contribution in [0.15, 0.2) is 36.4 Å². The molecule has 4 nitrogen and oxygen atoms in total. The van der Waals surface area contributed by atoms with Crippen LogP contribution in [0.25, 0.3) is 0 Å². The molecule has 0 aromatic heterocycles. The minimum Gasteiger partial charge on any atom is -0.381 e. The van der Waals surface area contributed by atoms with E-state index in [1.807, 2.05) is 0 Å². The van der Waals surface area contributed by atoms with Crippen molar-refractivity contribution in [1.29, 1.82) is 0 Å². The zero-order chi connectivity index (χ0) is 14.7. The molecule has 7 heteroatoms. The van der Waals surface area contributed by atoms with Gasteiger partial charge < -0.3 is 5.32 Å². The van der Waals surface area contributed by atoms with Gasteiger partial charge >= 0.3 is 0 Å². The third-order valence-corrected chi connectivity index (χ3v) is 2.88. The Kier molecular flexibility index (Phi) is 4.14. The molecular formula is C13H9ClF2N2O2. The second-order valence-corrected chi connectivity index (χ2v) is 4.45. The van der Waals surface area contributed by atoms with Gasteiger partial charge in [0.2, 0.25) is 0 Å². The zero-order valence-corrected chi connectivity index (χ0v) is 10.8. The Morgan fingerprint density at radius 1 is 1.15 bits per heavy atom. The summed E-state index contributed by atoms with van der Waals surface area (Å²) in [5.74, 6) is -1.94. The minimum absolute atomic E-state index is 0.0714. The number of hydrogen-bond donors (Lipinski definition) is 1. The summed E-state index contributed by atoms with van der Waals surface area (Å²) in [6.45, 7) is 0.0714. The minimum atomic E-state index is -0.990. The van der Waals surface area contributed by atoms with Crippen LogP contribution in [0.2, 0.25) is 5.02 Å². The number of anilines is 1.